The molecule has 0 aromatic carbocycles. The average molecular weight is 292 g/mol. The van der Waals surface area contributed by atoms with E-state index in [4.69, 9.17) is 0 Å². The van der Waals surface area contributed by atoms with Crippen molar-refractivity contribution in [3.8, 4) is 0 Å². The second-order valence-corrected chi connectivity index (χ2v) is 8.29. The van der Waals surface area contributed by atoms with Gasteiger partial charge >= 0.3 is 0 Å². The van der Waals surface area contributed by atoms with E-state index in [0.29, 0.717) is 0 Å². The summed E-state index contributed by atoms with van der Waals surface area (Å²) in [4.78, 5) is 10.5. The number of hydrogen-bond donors (Lipinski definition) is 0. The lowest BCUT2D eigenvalue weighted by molar-refractivity contribution is -0.678. The van der Waals surface area contributed by atoms with E-state index in [-0.39, 0.29) is 6.54 Å². The van der Waals surface area contributed by atoms with Gasteiger partial charge in [0, 0.05) is 0 Å². The van der Waals surface area contributed by atoms with Gasteiger partial charge in [-0.2, -0.15) is 14.1 Å². The zero-order valence-corrected chi connectivity index (χ0v) is 13.0. The molecule has 0 N–H and O–H groups in total. The fourth-order valence-corrected chi connectivity index (χ4v) is 3.79. The van der Waals surface area contributed by atoms with Crippen molar-refractivity contribution in [2.45, 2.75) is 25.9 Å². The first-order valence-corrected chi connectivity index (χ1v) is 9.02. The van der Waals surface area contributed by atoms with Crippen LogP contribution in [0.25, 0.3) is 0 Å². The molecule has 1 aromatic rings. The minimum atomic E-state index is -0.931. The summed E-state index contributed by atoms with van der Waals surface area (Å²) in [7, 11) is 1.01. The third-order valence-corrected chi connectivity index (χ3v) is 5.02. The Hall–Kier alpha value is -1.62. The summed E-state index contributed by atoms with van der Waals surface area (Å²) in [6.07, 6.45) is 12.5. The van der Waals surface area contributed by atoms with Gasteiger partial charge < -0.3 is 0 Å². The maximum Gasteiger partial charge on any atom is 0.281 e. The van der Waals surface area contributed by atoms with Crippen molar-refractivity contribution < 1.29 is 4.57 Å². The molecule has 5 heteroatoms. The van der Waals surface area contributed by atoms with E-state index in [9.17, 15) is 4.91 Å². The number of nitrogens with zero attached hydrogens (tertiary/aromatic N) is 3. The maximum atomic E-state index is 10.5. The van der Waals surface area contributed by atoms with Crippen LogP contribution in [0, 0.1) is 4.91 Å². The Morgan fingerprint density at radius 1 is 1.50 bits per heavy atom. The highest BCUT2D eigenvalue weighted by atomic mass is 32.2. The summed E-state index contributed by atoms with van der Waals surface area (Å²) >= 11 is 0. The van der Waals surface area contributed by atoms with Crippen LogP contribution < -0.4 is 4.57 Å². The molecule has 0 bridgehead atoms. The van der Waals surface area contributed by atoms with Gasteiger partial charge in [0.2, 0.25) is 0 Å². The molecular formula is C15H22N3OS+. The lowest BCUT2D eigenvalue weighted by atomic mass is 10.1. The van der Waals surface area contributed by atoms with Crippen molar-refractivity contribution >= 4 is 20.4 Å². The van der Waals surface area contributed by atoms with Gasteiger partial charge in [-0.05, 0) is 35.4 Å². The molecule has 2 heterocycles. The number of allylic oxidation sites excluding steroid dienone is 3. The highest BCUT2D eigenvalue weighted by Gasteiger charge is 2.14. The summed E-state index contributed by atoms with van der Waals surface area (Å²) in [6, 6.07) is 0. The Labute approximate surface area is 120 Å². The Kier molecular flexibility index (Phi) is 4.60. The van der Waals surface area contributed by atoms with Gasteiger partial charge in [0.15, 0.2) is 6.54 Å². The molecule has 1 aliphatic heterocycles. The quantitative estimate of drug-likeness (QED) is 0.451. The minimum absolute atomic E-state index is 0.224. The molecule has 2 rings (SSSR count). The number of imidazole rings is 1. The number of aryl methyl sites for hydroxylation is 2. The van der Waals surface area contributed by atoms with Gasteiger partial charge in [-0.15, -0.1) is 0 Å². The van der Waals surface area contributed by atoms with Crippen molar-refractivity contribution in [1.82, 2.24) is 4.57 Å². The van der Waals surface area contributed by atoms with Crippen LogP contribution in [0.5, 0.6) is 0 Å². The molecule has 0 radical (unpaired) electrons. The summed E-state index contributed by atoms with van der Waals surface area (Å²) in [6.45, 7) is 1.13. The number of nitroso groups, excluding NO2 is 1. The molecule has 0 fully saturated rings. The number of rotatable bonds is 6. The van der Waals surface area contributed by atoms with Crippen molar-refractivity contribution in [3.05, 3.63) is 46.3 Å². The van der Waals surface area contributed by atoms with E-state index >= 15 is 0 Å². The van der Waals surface area contributed by atoms with E-state index < -0.39 is 9.21 Å². The van der Waals surface area contributed by atoms with Crippen LogP contribution in [-0.2, 0) is 20.1 Å². The third-order valence-electron chi connectivity index (χ3n) is 3.40. The normalized spacial score (nSPS) is 21.4. The number of aromatic nitrogens is 2. The molecule has 0 amide bonds. The number of hydrogen-bond acceptors (Lipinski definition) is 2. The van der Waals surface area contributed by atoms with Crippen LogP contribution in [0.15, 0.2) is 40.7 Å². The molecule has 1 aromatic heterocycles. The molecule has 0 aliphatic carbocycles. The second-order valence-electron chi connectivity index (χ2n) is 5.33. The van der Waals surface area contributed by atoms with E-state index in [1.807, 2.05) is 24.0 Å². The highest BCUT2D eigenvalue weighted by Crippen LogP contribution is 2.26. The first-order valence-electron chi connectivity index (χ1n) is 6.68. The lowest BCUT2D eigenvalue weighted by Gasteiger charge is -2.11. The first-order chi connectivity index (χ1) is 9.52. The topological polar surface area (TPSA) is 38.2 Å². The zero-order chi connectivity index (χ0) is 14.6. The van der Waals surface area contributed by atoms with Crippen molar-refractivity contribution in [2.75, 3.05) is 6.26 Å². The molecule has 0 spiro atoms. The van der Waals surface area contributed by atoms with E-state index in [0.717, 1.165) is 25.2 Å². The fourth-order valence-electron chi connectivity index (χ4n) is 2.38. The van der Waals surface area contributed by atoms with Crippen molar-refractivity contribution in [3.63, 3.8) is 0 Å². The highest BCUT2D eigenvalue weighted by molar-refractivity contribution is 8.30. The molecule has 108 valence electrons. The molecule has 4 nitrogen and oxygen atoms in total. The van der Waals surface area contributed by atoms with Crippen LogP contribution in [-0.4, -0.2) is 22.1 Å². The molecule has 20 heavy (non-hydrogen) atoms. The zero-order valence-electron chi connectivity index (χ0n) is 12.2. The Bertz CT molecular complexity index is 673. The molecule has 1 atom stereocenters. The second kappa shape index (κ2) is 6.22. The summed E-state index contributed by atoms with van der Waals surface area (Å²) < 4.78 is 4.06. The van der Waals surface area contributed by atoms with E-state index in [2.05, 4.69) is 44.8 Å². The average Bonchev–Trinajstić information content (AvgIpc) is 2.71. The van der Waals surface area contributed by atoms with Crippen LogP contribution in [0.4, 0.5) is 0 Å². The maximum absolute atomic E-state index is 10.5. The minimum Gasteiger partial charge on any atom is -0.235 e. The van der Waals surface area contributed by atoms with Crippen LogP contribution >= 0.6 is 9.21 Å². The predicted octanol–water partition coefficient (Wildman–Crippen LogP) is 2.48. The predicted molar refractivity (Wildman–Crippen MR) is 88.3 cm³/mol. The monoisotopic (exact) mass is 292 g/mol. The largest absolute Gasteiger partial charge is 0.281 e. The third kappa shape index (κ3) is 3.70. The Morgan fingerprint density at radius 2 is 2.30 bits per heavy atom. The molecule has 0 saturated heterocycles. The van der Waals surface area contributed by atoms with Gasteiger partial charge in [0.05, 0.1) is 13.6 Å². The molecule has 1 unspecified atom stereocenters. The van der Waals surface area contributed by atoms with Gasteiger partial charge in [-0.1, -0.05) is 23.2 Å². The summed E-state index contributed by atoms with van der Waals surface area (Å²) in [5, 5.41) is 7.49. The SMILES string of the molecule is C=S1(C)=CC=CC(CCCn2cc[n+](C)c2CN=O)=C1. The van der Waals surface area contributed by atoms with Crippen molar-refractivity contribution in [2.24, 2.45) is 12.2 Å². The van der Waals surface area contributed by atoms with Gasteiger partial charge in [-0.3, -0.25) is 0 Å². The molecule has 0 saturated carbocycles. The lowest BCUT2D eigenvalue weighted by Crippen LogP contribution is -2.31. The van der Waals surface area contributed by atoms with E-state index in [1.54, 1.807) is 0 Å². The van der Waals surface area contributed by atoms with Gasteiger partial charge in [0.25, 0.3) is 5.82 Å². The fraction of sp³-hybridized carbons (Fsp3) is 0.400. The Morgan fingerprint density at radius 3 is 3.00 bits per heavy atom. The van der Waals surface area contributed by atoms with Crippen LogP contribution in [0.1, 0.15) is 18.7 Å². The summed E-state index contributed by atoms with van der Waals surface area (Å²) in [5.74, 6) is 5.19. The summed E-state index contributed by atoms with van der Waals surface area (Å²) in [5.41, 5.74) is 1.37. The van der Waals surface area contributed by atoms with Crippen LogP contribution in [0.2, 0.25) is 0 Å². The first kappa shape index (κ1) is 14.8. The molecule has 1 aliphatic rings. The smallest absolute Gasteiger partial charge is 0.235 e. The molecular weight excluding hydrogens is 270 g/mol. The standard InChI is InChI=1S/C15H22N3OS/c1-17-9-10-18(15(17)12-16-19)8-4-6-14-7-5-11-20(2,3)13-14/h5,7,9-11,13H,2,4,6,8,12H2,1,3H3/q+1. The van der Waals surface area contributed by atoms with E-state index in [1.165, 1.54) is 5.57 Å². The Balaban J connectivity index is 1.96. The van der Waals surface area contributed by atoms with Gasteiger partial charge in [0.1, 0.15) is 12.4 Å². The van der Waals surface area contributed by atoms with Gasteiger partial charge in [-0.25, -0.2) is 9.13 Å². The van der Waals surface area contributed by atoms with Crippen molar-refractivity contribution in [1.29, 1.82) is 0 Å². The van der Waals surface area contributed by atoms with Crippen LogP contribution in [0.3, 0.4) is 0 Å².